The molecule has 1 saturated carbocycles. The average molecular weight is 656 g/mol. The van der Waals surface area contributed by atoms with Crippen molar-refractivity contribution >= 4 is 23.6 Å². The summed E-state index contributed by atoms with van der Waals surface area (Å²) >= 11 is 0. The first-order valence-corrected chi connectivity index (χ1v) is 17.3. The highest BCUT2D eigenvalue weighted by Crippen LogP contribution is 2.27. The number of aromatic nitrogens is 2. The quantitative estimate of drug-likeness (QED) is 0.211. The van der Waals surface area contributed by atoms with Crippen LogP contribution in [0.3, 0.4) is 0 Å². The van der Waals surface area contributed by atoms with Gasteiger partial charge in [-0.05, 0) is 47.9 Å². The third-order valence-electron chi connectivity index (χ3n) is 9.57. The van der Waals surface area contributed by atoms with Crippen LogP contribution in [0.1, 0.15) is 79.0 Å². The van der Waals surface area contributed by atoms with Crippen LogP contribution in [0.25, 0.3) is 0 Å². The number of amides is 4. The summed E-state index contributed by atoms with van der Waals surface area (Å²) in [5, 5.41) is 16.6. The molecule has 48 heavy (non-hydrogen) atoms. The van der Waals surface area contributed by atoms with Gasteiger partial charge in [0.25, 0.3) is 5.91 Å². The summed E-state index contributed by atoms with van der Waals surface area (Å²) in [6.45, 7) is 4.09. The molecule has 0 radical (unpaired) electrons. The minimum absolute atomic E-state index is 0.0703. The molecule has 3 atom stereocenters. The molecule has 3 aromatic rings. The predicted molar refractivity (Wildman–Crippen MR) is 184 cm³/mol. The molecule has 1 saturated heterocycles. The van der Waals surface area contributed by atoms with Crippen molar-refractivity contribution in [3.05, 3.63) is 89.2 Å². The van der Waals surface area contributed by atoms with Gasteiger partial charge in [0.2, 0.25) is 17.7 Å². The van der Waals surface area contributed by atoms with Gasteiger partial charge in [-0.1, -0.05) is 80.8 Å². The van der Waals surface area contributed by atoms with Crippen molar-refractivity contribution < 1.29 is 19.2 Å². The lowest BCUT2D eigenvalue weighted by atomic mass is 9.83. The molecule has 4 amide bonds. The molecule has 0 unspecified atom stereocenters. The van der Waals surface area contributed by atoms with E-state index in [0.29, 0.717) is 38.2 Å². The Balaban J connectivity index is 1.16. The Bertz CT molecular complexity index is 1520. The van der Waals surface area contributed by atoms with Crippen molar-refractivity contribution in [2.24, 2.45) is 13.0 Å². The van der Waals surface area contributed by atoms with Crippen LogP contribution in [0.4, 0.5) is 0 Å². The normalized spacial score (nSPS) is 17.8. The molecule has 1 aliphatic carbocycles. The predicted octanol–water partition coefficient (Wildman–Crippen LogP) is 3.24. The fourth-order valence-electron chi connectivity index (χ4n) is 6.71. The molecule has 256 valence electrons. The molecule has 2 fully saturated rings. The van der Waals surface area contributed by atoms with E-state index < -0.39 is 12.1 Å². The zero-order valence-corrected chi connectivity index (χ0v) is 28.1. The number of carbonyl (C=O) groups is 4. The molecule has 1 aromatic heterocycles. The summed E-state index contributed by atoms with van der Waals surface area (Å²) in [6, 6.07) is 18.5. The molecule has 2 aromatic carbocycles. The second-order valence-electron chi connectivity index (χ2n) is 13.0. The lowest BCUT2D eigenvalue weighted by molar-refractivity contribution is -0.135. The standard InChI is InChI=1S/C37H49N7O4/c1-3-33(45)41-31(37(48)44-21-19-30(25-44)38-23-27-10-6-4-7-11-27)22-26-14-16-28(17-15-26)24-39-36(47)34(29-12-8-5-9-13-29)42-35(46)32-18-20-40-43(32)2/h4,6-7,10-11,14-18,20,29-31,34,38H,3,5,8-9,12-13,19,21-25H2,1-2H3,(H,39,47)(H,41,45)(H,42,46)/t30-,31-,34+/m1/s1. The van der Waals surface area contributed by atoms with E-state index in [1.54, 1.807) is 26.2 Å². The van der Waals surface area contributed by atoms with Crippen molar-refractivity contribution in [1.82, 2.24) is 35.9 Å². The fraction of sp³-hybridized carbons (Fsp3) is 0.486. The van der Waals surface area contributed by atoms with Crippen molar-refractivity contribution in [1.29, 1.82) is 0 Å². The summed E-state index contributed by atoms with van der Waals surface area (Å²) in [5.74, 6) is -0.654. The summed E-state index contributed by atoms with van der Waals surface area (Å²) < 4.78 is 1.50. The van der Waals surface area contributed by atoms with Gasteiger partial charge in [-0.2, -0.15) is 5.10 Å². The van der Waals surface area contributed by atoms with Gasteiger partial charge < -0.3 is 26.2 Å². The van der Waals surface area contributed by atoms with Crippen LogP contribution >= 0.6 is 0 Å². The Labute approximate surface area is 283 Å². The highest BCUT2D eigenvalue weighted by atomic mass is 16.2. The van der Waals surface area contributed by atoms with E-state index in [1.165, 1.54) is 10.2 Å². The molecule has 5 rings (SSSR count). The molecule has 0 bridgehead atoms. The number of hydrogen-bond donors (Lipinski definition) is 4. The van der Waals surface area contributed by atoms with Crippen LogP contribution in [0.2, 0.25) is 0 Å². The maximum absolute atomic E-state index is 13.6. The van der Waals surface area contributed by atoms with Gasteiger partial charge in [-0.15, -0.1) is 0 Å². The first-order valence-electron chi connectivity index (χ1n) is 17.3. The Morgan fingerprint density at radius 1 is 0.854 bits per heavy atom. The number of aryl methyl sites for hydroxylation is 1. The van der Waals surface area contributed by atoms with Crippen LogP contribution in [0.15, 0.2) is 66.9 Å². The molecular formula is C37H49N7O4. The van der Waals surface area contributed by atoms with Crippen LogP contribution in [-0.2, 0) is 40.9 Å². The molecule has 1 aliphatic heterocycles. The van der Waals surface area contributed by atoms with Gasteiger partial charge in [-0.25, -0.2) is 0 Å². The molecule has 4 N–H and O–H groups in total. The minimum Gasteiger partial charge on any atom is -0.350 e. The van der Waals surface area contributed by atoms with E-state index in [2.05, 4.69) is 38.5 Å². The molecule has 11 heteroatoms. The Kier molecular flexibility index (Phi) is 12.4. The van der Waals surface area contributed by atoms with Gasteiger partial charge in [0.15, 0.2) is 0 Å². The van der Waals surface area contributed by atoms with E-state index in [1.807, 2.05) is 47.4 Å². The molecule has 2 aliphatic rings. The second-order valence-corrected chi connectivity index (χ2v) is 13.0. The van der Waals surface area contributed by atoms with E-state index in [9.17, 15) is 19.2 Å². The number of likely N-dealkylation sites (tertiary alicyclic amines) is 1. The van der Waals surface area contributed by atoms with Gasteiger partial charge in [0.1, 0.15) is 17.8 Å². The second kappa shape index (κ2) is 17.1. The van der Waals surface area contributed by atoms with E-state index in [4.69, 9.17) is 0 Å². The third-order valence-corrected chi connectivity index (χ3v) is 9.57. The summed E-state index contributed by atoms with van der Waals surface area (Å²) in [5.41, 5.74) is 3.44. The SMILES string of the molecule is CCC(=O)N[C@H](Cc1ccc(CNC(=O)[C@@H](NC(=O)c2ccnn2C)C2CCCCC2)cc1)C(=O)N1CC[C@@H](NCc2ccccc2)C1. The summed E-state index contributed by atoms with van der Waals surface area (Å²) in [4.78, 5) is 54.3. The monoisotopic (exact) mass is 655 g/mol. The minimum atomic E-state index is -0.657. The van der Waals surface area contributed by atoms with E-state index in [0.717, 1.165) is 56.2 Å². The summed E-state index contributed by atoms with van der Waals surface area (Å²) in [7, 11) is 1.71. The molecule has 0 spiro atoms. The van der Waals surface area contributed by atoms with Crippen molar-refractivity contribution in [3.63, 3.8) is 0 Å². The zero-order valence-electron chi connectivity index (χ0n) is 28.1. The fourth-order valence-corrected chi connectivity index (χ4v) is 6.71. The topological polar surface area (TPSA) is 137 Å². The number of benzene rings is 2. The lowest BCUT2D eigenvalue weighted by Crippen LogP contribution is -2.51. The van der Waals surface area contributed by atoms with Crippen molar-refractivity contribution in [3.8, 4) is 0 Å². The Morgan fingerprint density at radius 2 is 1.56 bits per heavy atom. The maximum atomic E-state index is 13.6. The smallest absolute Gasteiger partial charge is 0.270 e. The van der Waals surface area contributed by atoms with E-state index in [-0.39, 0.29) is 35.6 Å². The zero-order chi connectivity index (χ0) is 33.9. The van der Waals surface area contributed by atoms with Gasteiger partial charge >= 0.3 is 0 Å². The average Bonchev–Trinajstić information content (AvgIpc) is 3.78. The van der Waals surface area contributed by atoms with Gasteiger partial charge in [0.05, 0.1) is 0 Å². The van der Waals surface area contributed by atoms with Crippen LogP contribution < -0.4 is 21.3 Å². The molecule has 2 heterocycles. The molecule has 11 nitrogen and oxygen atoms in total. The first-order chi connectivity index (χ1) is 23.3. The number of nitrogens with one attached hydrogen (secondary N) is 4. The molecular weight excluding hydrogens is 606 g/mol. The lowest BCUT2D eigenvalue weighted by Gasteiger charge is -2.30. The Morgan fingerprint density at radius 3 is 2.25 bits per heavy atom. The largest absolute Gasteiger partial charge is 0.350 e. The highest BCUT2D eigenvalue weighted by Gasteiger charge is 2.33. The van der Waals surface area contributed by atoms with Crippen LogP contribution in [0, 0.1) is 5.92 Å². The van der Waals surface area contributed by atoms with Crippen molar-refractivity contribution in [2.45, 2.75) is 89.5 Å². The third kappa shape index (κ3) is 9.53. The first kappa shape index (κ1) is 34.8. The number of nitrogens with zero attached hydrogens (tertiary/aromatic N) is 3. The maximum Gasteiger partial charge on any atom is 0.270 e. The van der Waals surface area contributed by atoms with Crippen molar-refractivity contribution in [2.75, 3.05) is 13.1 Å². The number of hydrogen-bond acceptors (Lipinski definition) is 6. The van der Waals surface area contributed by atoms with Gasteiger partial charge in [0, 0.05) is 58.3 Å². The van der Waals surface area contributed by atoms with E-state index >= 15 is 0 Å². The Hall–Kier alpha value is -4.51. The van der Waals surface area contributed by atoms with Gasteiger partial charge in [-0.3, -0.25) is 23.9 Å². The number of rotatable bonds is 14. The van der Waals surface area contributed by atoms with Crippen LogP contribution in [-0.4, -0.2) is 69.5 Å². The highest BCUT2D eigenvalue weighted by molar-refractivity contribution is 5.96. The van der Waals surface area contributed by atoms with Crippen LogP contribution in [0.5, 0.6) is 0 Å². The number of carbonyl (C=O) groups excluding carboxylic acids is 4. The summed E-state index contributed by atoms with van der Waals surface area (Å²) in [6.07, 6.45) is 8.13.